The molecule has 1 unspecified atom stereocenters. The van der Waals surface area contributed by atoms with E-state index in [1.807, 2.05) is 0 Å². The van der Waals surface area contributed by atoms with Gasteiger partial charge in [0.05, 0.1) is 5.52 Å². The maximum Gasteiger partial charge on any atom is 0.231 e. The van der Waals surface area contributed by atoms with Crippen LogP contribution in [0.15, 0.2) is 30.5 Å². The molecule has 2 atom stereocenters. The van der Waals surface area contributed by atoms with Crippen LogP contribution in [0.4, 0.5) is 0 Å². The number of aromatic nitrogens is 1. The van der Waals surface area contributed by atoms with Gasteiger partial charge in [-0.25, -0.2) is 0 Å². The van der Waals surface area contributed by atoms with Gasteiger partial charge in [0.25, 0.3) is 0 Å². The molecule has 0 amide bonds. The fourth-order valence-corrected chi connectivity index (χ4v) is 5.76. The largest absolute Gasteiger partial charge is 0.454 e. The fraction of sp³-hybridized carbons (Fsp3) is 0.409. The summed E-state index contributed by atoms with van der Waals surface area (Å²) in [5.41, 5.74) is 4.65. The maximum absolute atomic E-state index is 5.60. The Bertz CT molecular complexity index is 1080. The lowest BCUT2D eigenvalue weighted by Crippen LogP contribution is -2.31. The number of ether oxygens (including phenoxy) is 2. The van der Waals surface area contributed by atoms with Gasteiger partial charge in [-0.05, 0) is 58.2 Å². The molecule has 6 rings (SSSR count). The molecule has 0 saturated heterocycles. The molecule has 1 fully saturated rings. The van der Waals surface area contributed by atoms with Gasteiger partial charge < -0.3 is 9.47 Å². The van der Waals surface area contributed by atoms with Crippen molar-refractivity contribution in [1.82, 2.24) is 4.98 Å². The zero-order valence-corrected chi connectivity index (χ0v) is 14.8. The van der Waals surface area contributed by atoms with Gasteiger partial charge in [-0.15, -0.1) is 0 Å². The van der Waals surface area contributed by atoms with Crippen LogP contribution in [0.2, 0.25) is 0 Å². The van der Waals surface area contributed by atoms with Crippen LogP contribution in [0.25, 0.3) is 21.7 Å². The van der Waals surface area contributed by atoms with Crippen LogP contribution in [0.5, 0.6) is 11.5 Å². The summed E-state index contributed by atoms with van der Waals surface area (Å²) in [6.07, 6.45) is 4.71. The molecule has 2 heterocycles. The van der Waals surface area contributed by atoms with Gasteiger partial charge in [0.1, 0.15) is 0 Å². The van der Waals surface area contributed by atoms with Crippen molar-refractivity contribution in [3.05, 3.63) is 41.6 Å². The van der Waals surface area contributed by atoms with Gasteiger partial charge in [0, 0.05) is 17.0 Å². The first kappa shape index (κ1) is 13.9. The molecule has 0 spiro atoms. The third kappa shape index (κ3) is 1.43. The highest BCUT2D eigenvalue weighted by atomic mass is 16.7. The van der Waals surface area contributed by atoms with E-state index >= 15 is 0 Å². The van der Waals surface area contributed by atoms with Crippen molar-refractivity contribution in [2.45, 2.75) is 44.9 Å². The lowest BCUT2D eigenvalue weighted by Gasteiger charge is -2.35. The second kappa shape index (κ2) is 4.09. The number of nitrogens with zero attached hydrogens (tertiary/aromatic N) is 1. The van der Waals surface area contributed by atoms with E-state index in [1.54, 1.807) is 5.56 Å². The molecule has 3 aliphatic rings. The highest BCUT2D eigenvalue weighted by molar-refractivity contribution is 6.08. The van der Waals surface area contributed by atoms with Crippen LogP contribution in [0, 0.1) is 5.41 Å². The Hall–Kier alpha value is -2.29. The summed E-state index contributed by atoms with van der Waals surface area (Å²) in [7, 11) is 0. The third-order valence-electron chi connectivity index (χ3n) is 7.53. The van der Waals surface area contributed by atoms with Gasteiger partial charge in [-0.3, -0.25) is 4.98 Å². The highest BCUT2D eigenvalue weighted by Gasteiger charge is 2.59. The SMILES string of the molecule is CC12CC[C@@H](c3cnc4c(ccc5cc6c(cc54)OCO6)c31)C2(C)C. The molecule has 2 bridgehead atoms. The Balaban J connectivity index is 1.73. The van der Waals surface area contributed by atoms with Crippen LogP contribution in [-0.2, 0) is 5.41 Å². The summed E-state index contributed by atoms with van der Waals surface area (Å²) in [4.78, 5) is 4.93. The minimum absolute atomic E-state index is 0.234. The molecule has 3 heteroatoms. The van der Waals surface area contributed by atoms with Crippen molar-refractivity contribution in [2.75, 3.05) is 6.79 Å². The van der Waals surface area contributed by atoms with Gasteiger partial charge >= 0.3 is 0 Å². The predicted molar refractivity (Wildman–Crippen MR) is 98.5 cm³/mol. The van der Waals surface area contributed by atoms with Gasteiger partial charge in [0.15, 0.2) is 11.5 Å². The average Bonchev–Trinajstić information content (AvgIpc) is 3.19. The molecular weight excluding hydrogens is 310 g/mol. The smallest absolute Gasteiger partial charge is 0.231 e. The van der Waals surface area contributed by atoms with E-state index in [9.17, 15) is 0 Å². The summed E-state index contributed by atoms with van der Waals surface area (Å²) in [5.74, 6) is 2.30. The average molecular weight is 331 g/mol. The highest BCUT2D eigenvalue weighted by Crippen LogP contribution is 2.68. The van der Waals surface area contributed by atoms with E-state index in [2.05, 4.69) is 51.2 Å². The Kier molecular flexibility index (Phi) is 2.28. The standard InChI is InChI=1S/C22H21NO2/c1-21(2)16-6-7-22(21,3)19-13-5-4-12-8-17-18(25-11-24-17)9-14(12)20(13)23-10-15(16)19/h4-5,8-10,16H,6-7,11H2,1-3H3/t16-,22?/m0/s1. The van der Waals surface area contributed by atoms with Crippen LogP contribution in [-0.4, -0.2) is 11.8 Å². The molecule has 2 aromatic carbocycles. The van der Waals surface area contributed by atoms with E-state index in [-0.39, 0.29) is 5.41 Å². The van der Waals surface area contributed by atoms with Crippen molar-refractivity contribution >= 4 is 21.7 Å². The minimum Gasteiger partial charge on any atom is -0.454 e. The molecule has 1 saturated carbocycles. The topological polar surface area (TPSA) is 31.4 Å². The molecule has 126 valence electrons. The Labute approximate surface area is 147 Å². The first-order valence-corrected chi connectivity index (χ1v) is 9.16. The molecule has 25 heavy (non-hydrogen) atoms. The number of rotatable bonds is 0. The number of pyridine rings is 1. The second-order valence-corrected chi connectivity index (χ2v) is 8.62. The van der Waals surface area contributed by atoms with Crippen molar-refractivity contribution in [2.24, 2.45) is 5.41 Å². The lowest BCUT2D eigenvalue weighted by molar-refractivity contribution is 0.174. The number of fused-ring (bicyclic) bond motifs is 10. The van der Waals surface area contributed by atoms with E-state index in [0.717, 1.165) is 27.8 Å². The van der Waals surface area contributed by atoms with E-state index in [4.69, 9.17) is 14.5 Å². The van der Waals surface area contributed by atoms with Gasteiger partial charge in [0.2, 0.25) is 6.79 Å². The molecule has 0 N–H and O–H groups in total. The van der Waals surface area contributed by atoms with Crippen molar-refractivity contribution in [3.8, 4) is 11.5 Å². The predicted octanol–water partition coefficient (Wildman–Crippen LogP) is 5.29. The van der Waals surface area contributed by atoms with Crippen LogP contribution < -0.4 is 9.47 Å². The Morgan fingerprint density at radius 2 is 1.84 bits per heavy atom. The monoisotopic (exact) mass is 331 g/mol. The van der Waals surface area contributed by atoms with E-state index in [0.29, 0.717) is 18.1 Å². The zero-order chi connectivity index (χ0) is 17.0. The second-order valence-electron chi connectivity index (χ2n) is 8.62. The normalized spacial score (nSPS) is 28.0. The number of benzene rings is 2. The molecule has 2 aliphatic carbocycles. The lowest BCUT2D eigenvalue weighted by atomic mass is 9.68. The summed E-state index contributed by atoms with van der Waals surface area (Å²) in [6.45, 7) is 7.65. The molecule has 1 aromatic heterocycles. The van der Waals surface area contributed by atoms with E-state index in [1.165, 1.54) is 23.8 Å². The summed E-state index contributed by atoms with van der Waals surface area (Å²) < 4.78 is 11.1. The first-order valence-electron chi connectivity index (χ1n) is 9.16. The Morgan fingerprint density at radius 3 is 2.68 bits per heavy atom. The van der Waals surface area contributed by atoms with Crippen molar-refractivity contribution in [1.29, 1.82) is 0 Å². The molecular formula is C22H21NO2. The van der Waals surface area contributed by atoms with Crippen LogP contribution >= 0.6 is 0 Å². The Morgan fingerprint density at radius 1 is 1.04 bits per heavy atom. The van der Waals surface area contributed by atoms with Crippen molar-refractivity contribution < 1.29 is 9.47 Å². The van der Waals surface area contributed by atoms with Crippen LogP contribution in [0.1, 0.15) is 50.7 Å². The summed E-state index contributed by atoms with van der Waals surface area (Å²) in [6, 6.07) is 8.65. The zero-order valence-electron chi connectivity index (χ0n) is 14.8. The van der Waals surface area contributed by atoms with E-state index < -0.39 is 0 Å². The first-order chi connectivity index (χ1) is 12.0. The minimum atomic E-state index is 0.234. The summed E-state index contributed by atoms with van der Waals surface area (Å²) >= 11 is 0. The molecule has 1 aliphatic heterocycles. The number of hydrogen-bond acceptors (Lipinski definition) is 3. The van der Waals surface area contributed by atoms with Gasteiger partial charge in [-0.1, -0.05) is 32.9 Å². The summed E-state index contributed by atoms with van der Waals surface area (Å²) in [5, 5.41) is 3.65. The van der Waals surface area contributed by atoms with Gasteiger partial charge in [-0.2, -0.15) is 0 Å². The molecule has 0 radical (unpaired) electrons. The quantitative estimate of drug-likeness (QED) is 0.524. The van der Waals surface area contributed by atoms with Crippen LogP contribution in [0.3, 0.4) is 0 Å². The number of hydrogen-bond donors (Lipinski definition) is 0. The van der Waals surface area contributed by atoms with Crippen molar-refractivity contribution in [3.63, 3.8) is 0 Å². The third-order valence-corrected chi connectivity index (χ3v) is 7.53. The molecule has 3 aromatic rings. The molecule has 3 nitrogen and oxygen atoms in total. The fourth-order valence-electron chi connectivity index (χ4n) is 5.76. The maximum atomic E-state index is 5.60.